The molecule has 1 N–H and O–H groups in total. The Morgan fingerprint density at radius 2 is 1.71 bits per heavy atom. The van der Waals surface area contributed by atoms with Gasteiger partial charge in [-0.05, 0) is 31.1 Å². The van der Waals surface area contributed by atoms with Gasteiger partial charge < -0.3 is 5.11 Å². The van der Waals surface area contributed by atoms with E-state index in [0.29, 0.717) is 11.8 Å². The Labute approximate surface area is 98.8 Å². The number of rotatable bonds is 3. The molecule has 2 aliphatic carbocycles. The van der Waals surface area contributed by atoms with Crippen molar-refractivity contribution in [2.24, 2.45) is 23.7 Å². The Morgan fingerprint density at radius 1 is 1.18 bits per heavy atom. The number of fused-ring (bicyclic) bond motifs is 5. The van der Waals surface area contributed by atoms with Crippen LogP contribution in [0.1, 0.15) is 25.7 Å². The molecule has 1 heterocycles. The highest BCUT2D eigenvalue weighted by Gasteiger charge is 2.60. The van der Waals surface area contributed by atoms with Crippen molar-refractivity contribution in [3.05, 3.63) is 0 Å². The van der Waals surface area contributed by atoms with Gasteiger partial charge in [-0.2, -0.15) is 0 Å². The van der Waals surface area contributed by atoms with Gasteiger partial charge in [0, 0.05) is 6.54 Å². The van der Waals surface area contributed by atoms with E-state index in [1.165, 1.54) is 4.90 Å². The summed E-state index contributed by atoms with van der Waals surface area (Å²) in [6.07, 6.45) is 2.97. The average molecular weight is 237 g/mol. The van der Waals surface area contributed by atoms with Crippen LogP contribution in [0.3, 0.4) is 0 Å². The summed E-state index contributed by atoms with van der Waals surface area (Å²) in [7, 11) is 0. The molecule has 2 amide bonds. The van der Waals surface area contributed by atoms with Gasteiger partial charge in [0.2, 0.25) is 11.8 Å². The summed E-state index contributed by atoms with van der Waals surface area (Å²) in [5.41, 5.74) is 0. The Kier molecular flexibility index (Phi) is 2.24. The van der Waals surface area contributed by atoms with Gasteiger partial charge in [-0.1, -0.05) is 0 Å². The number of amides is 2. The van der Waals surface area contributed by atoms with Crippen LogP contribution < -0.4 is 0 Å². The van der Waals surface area contributed by atoms with Crippen LogP contribution in [-0.4, -0.2) is 34.3 Å². The first-order valence-electron chi connectivity index (χ1n) is 6.16. The molecule has 3 aliphatic rings. The number of carboxylic acid groups (broad SMARTS) is 1. The molecule has 0 unspecified atom stereocenters. The highest BCUT2D eigenvalue weighted by atomic mass is 16.4. The molecular formula is C12H15NO4. The van der Waals surface area contributed by atoms with Crippen LogP contribution in [0.15, 0.2) is 0 Å². The second-order valence-corrected chi connectivity index (χ2v) is 5.36. The second-order valence-electron chi connectivity index (χ2n) is 5.36. The number of imide groups is 1. The van der Waals surface area contributed by atoms with Crippen LogP contribution >= 0.6 is 0 Å². The third kappa shape index (κ3) is 1.41. The van der Waals surface area contributed by atoms with Gasteiger partial charge in [-0.25, -0.2) is 0 Å². The van der Waals surface area contributed by atoms with E-state index in [1.807, 2.05) is 0 Å². The fourth-order valence-electron chi connectivity index (χ4n) is 3.90. The van der Waals surface area contributed by atoms with Crippen LogP contribution in [0.4, 0.5) is 0 Å². The van der Waals surface area contributed by atoms with Crippen LogP contribution in [0.2, 0.25) is 0 Å². The van der Waals surface area contributed by atoms with Crippen molar-refractivity contribution in [1.82, 2.24) is 4.90 Å². The number of likely N-dealkylation sites (tertiary alicyclic amines) is 1. The maximum absolute atomic E-state index is 12.1. The summed E-state index contributed by atoms with van der Waals surface area (Å²) in [6.45, 7) is 0.0411. The van der Waals surface area contributed by atoms with E-state index in [1.54, 1.807) is 0 Å². The molecule has 0 aromatic heterocycles. The van der Waals surface area contributed by atoms with E-state index in [9.17, 15) is 14.4 Å². The summed E-state index contributed by atoms with van der Waals surface area (Å²) in [6, 6.07) is 0. The average Bonchev–Trinajstić information content (AvgIpc) is 2.92. The van der Waals surface area contributed by atoms with Crippen LogP contribution in [0.5, 0.6) is 0 Å². The molecule has 3 fully saturated rings. The van der Waals surface area contributed by atoms with E-state index in [-0.39, 0.29) is 36.6 Å². The first-order chi connectivity index (χ1) is 8.09. The monoisotopic (exact) mass is 237 g/mol. The zero-order valence-electron chi connectivity index (χ0n) is 9.46. The standard InChI is InChI=1S/C12H15NO4/c14-8(15)3-4-13-11(16)9-6-1-2-7(5-6)10(9)12(13)17/h6-7,9-10H,1-5H2,(H,14,15)/t6-,7-,9-,10-/m0/s1. The molecule has 92 valence electrons. The first-order valence-corrected chi connectivity index (χ1v) is 6.16. The molecule has 0 spiro atoms. The Hall–Kier alpha value is -1.39. The topological polar surface area (TPSA) is 74.7 Å². The Morgan fingerprint density at radius 3 is 2.18 bits per heavy atom. The summed E-state index contributed by atoms with van der Waals surface area (Å²) in [5, 5.41) is 8.62. The van der Waals surface area contributed by atoms with Crippen molar-refractivity contribution < 1.29 is 19.5 Å². The number of hydrogen-bond donors (Lipinski definition) is 1. The number of carbonyl (C=O) groups is 3. The van der Waals surface area contributed by atoms with Gasteiger partial charge in [0.15, 0.2) is 0 Å². The molecule has 1 saturated heterocycles. The Balaban J connectivity index is 1.78. The third-order valence-electron chi connectivity index (χ3n) is 4.57. The number of aliphatic carboxylic acids is 1. The largest absolute Gasteiger partial charge is 0.481 e. The lowest BCUT2D eigenvalue weighted by Gasteiger charge is -2.19. The highest BCUT2D eigenvalue weighted by molar-refractivity contribution is 6.06. The summed E-state index contributed by atoms with van der Waals surface area (Å²) in [4.78, 5) is 35.9. The third-order valence-corrected chi connectivity index (χ3v) is 4.57. The molecule has 0 aromatic carbocycles. The molecule has 5 nitrogen and oxygen atoms in total. The van der Waals surface area contributed by atoms with Crippen molar-refractivity contribution in [2.75, 3.05) is 6.54 Å². The number of carboxylic acids is 1. The van der Waals surface area contributed by atoms with Crippen molar-refractivity contribution >= 4 is 17.8 Å². The molecule has 1 aliphatic heterocycles. The summed E-state index contributed by atoms with van der Waals surface area (Å²) < 4.78 is 0. The minimum atomic E-state index is -0.967. The molecule has 17 heavy (non-hydrogen) atoms. The Bertz CT molecular complexity index is 377. The number of carbonyl (C=O) groups excluding carboxylic acids is 2. The SMILES string of the molecule is O=C(O)CCN1C(=O)[C@H]2[C@H]3CC[C@@H](C3)[C@@H]2C1=O. The van der Waals surface area contributed by atoms with Gasteiger partial charge in [-0.15, -0.1) is 0 Å². The molecule has 0 aromatic rings. The van der Waals surface area contributed by atoms with E-state index in [4.69, 9.17) is 5.11 Å². The zero-order valence-corrected chi connectivity index (χ0v) is 9.46. The van der Waals surface area contributed by atoms with Gasteiger partial charge in [0.25, 0.3) is 0 Å². The fraction of sp³-hybridized carbons (Fsp3) is 0.750. The predicted octanol–water partition coefficient (Wildman–Crippen LogP) is 0.492. The zero-order chi connectivity index (χ0) is 12.2. The minimum Gasteiger partial charge on any atom is -0.481 e. The molecular weight excluding hydrogens is 222 g/mol. The van der Waals surface area contributed by atoms with Crippen molar-refractivity contribution in [3.63, 3.8) is 0 Å². The normalized spacial score (nSPS) is 38.9. The molecule has 3 rings (SSSR count). The van der Waals surface area contributed by atoms with Crippen LogP contribution in [0.25, 0.3) is 0 Å². The lowest BCUT2D eigenvalue weighted by molar-refractivity contribution is -0.142. The van der Waals surface area contributed by atoms with Gasteiger partial charge in [0.05, 0.1) is 18.3 Å². The van der Waals surface area contributed by atoms with E-state index >= 15 is 0 Å². The maximum Gasteiger partial charge on any atom is 0.305 e. The van der Waals surface area contributed by atoms with Crippen molar-refractivity contribution in [3.8, 4) is 0 Å². The lowest BCUT2D eigenvalue weighted by atomic mass is 9.81. The molecule has 0 radical (unpaired) electrons. The smallest absolute Gasteiger partial charge is 0.305 e. The first kappa shape index (κ1) is 10.7. The van der Waals surface area contributed by atoms with E-state index < -0.39 is 5.97 Å². The van der Waals surface area contributed by atoms with Gasteiger partial charge in [-0.3, -0.25) is 19.3 Å². The number of hydrogen-bond acceptors (Lipinski definition) is 3. The molecule has 2 saturated carbocycles. The highest BCUT2D eigenvalue weighted by Crippen LogP contribution is 2.56. The molecule has 5 heteroatoms. The summed E-state index contributed by atoms with van der Waals surface area (Å²) >= 11 is 0. The van der Waals surface area contributed by atoms with Crippen LogP contribution in [-0.2, 0) is 14.4 Å². The van der Waals surface area contributed by atoms with E-state index in [2.05, 4.69) is 0 Å². The minimum absolute atomic E-state index is 0.0411. The van der Waals surface area contributed by atoms with Crippen molar-refractivity contribution in [2.45, 2.75) is 25.7 Å². The number of nitrogens with zero attached hydrogens (tertiary/aromatic N) is 1. The summed E-state index contributed by atoms with van der Waals surface area (Å²) in [5.74, 6) is -0.717. The van der Waals surface area contributed by atoms with Crippen molar-refractivity contribution in [1.29, 1.82) is 0 Å². The second kappa shape index (κ2) is 3.55. The molecule has 2 bridgehead atoms. The van der Waals surface area contributed by atoms with E-state index in [0.717, 1.165) is 19.3 Å². The van der Waals surface area contributed by atoms with Gasteiger partial charge >= 0.3 is 5.97 Å². The predicted molar refractivity (Wildman–Crippen MR) is 56.8 cm³/mol. The van der Waals surface area contributed by atoms with Crippen LogP contribution in [0, 0.1) is 23.7 Å². The fourth-order valence-corrected chi connectivity index (χ4v) is 3.90. The quantitative estimate of drug-likeness (QED) is 0.725. The molecule has 4 atom stereocenters. The lowest BCUT2D eigenvalue weighted by Crippen LogP contribution is -2.34. The maximum atomic E-state index is 12.1. The van der Waals surface area contributed by atoms with Gasteiger partial charge in [0.1, 0.15) is 0 Å².